The molecule has 0 saturated heterocycles. The molecule has 0 spiro atoms. The van der Waals surface area contributed by atoms with Crippen molar-refractivity contribution in [1.82, 2.24) is 15.2 Å². The first kappa shape index (κ1) is 17.1. The molecule has 5 heteroatoms. The minimum Gasteiger partial charge on any atom is -0.356 e. The van der Waals surface area contributed by atoms with Crippen molar-refractivity contribution in [3.8, 4) is 0 Å². The van der Waals surface area contributed by atoms with E-state index in [-0.39, 0.29) is 11.9 Å². The number of fused-ring (bicyclic) bond motifs is 3. The first-order chi connectivity index (χ1) is 12.0. The van der Waals surface area contributed by atoms with Gasteiger partial charge in [-0.15, -0.1) is 0 Å². The average molecular weight is 404 g/mol. The number of halogens is 1. The third-order valence-electron chi connectivity index (χ3n) is 5.35. The van der Waals surface area contributed by atoms with Crippen molar-refractivity contribution in [1.29, 1.82) is 0 Å². The smallest absolute Gasteiger partial charge is 0.237 e. The van der Waals surface area contributed by atoms with Gasteiger partial charge >= 0.3 is 0 Å². The second-order valence-electron chi connectivity index (χ2n) is 7.84. The van der Waals surface area contributed by atoms with Gasteiger partial charge in [-0.2, -0.15) is 0 Å². The number of aromatic amines is 1. The van der Waals surface area contributed by atoms with Gasteiger partial charge in [0, 0.05) is 33.7 Å². The first-order valence-corrected chi connectivity index (χ1v) is 10.1. The number of H-pyrrole nitrogens is 1. The van der Waals surface area contributed by atoms with Crippen molar-refractivity contribution in [2.75, 3.05) is 13.1 Å². The Kier molecular flexibility index (Phi) is 4.63. The van der Waals surface area contributed by atoms with Crippen LogP contribution in [-0.4, -0.2) is 34.9 Å². The van der Waals surface area contributed by atoms with Crippen molar-refractivity contribution in [2.24, 2.45) is 5.92 Å². The zero-order valence-corrected chi connectivity index (χ0v) is 16.5. The molecule has 2 N–H and O–H groups in total. The summed E-state index contributed by atoms with van der Waals surface area (Å²) in [4.78, 5) is 18.6. The number of nitrogens with one attached hydrogen (secondary N) is 2. The predicted octanol–water partition coefficient (Wildman–Crippen LogP) is 4.15. The Hall–Kier alpha value is -1.33. The lowest BCUT2D eigenvalue weighted by molar-refractivity contribution is -0.133. The Morgan fingerprint density at radius 1 is 1.40 bits per heavy atom. The highest BCUT2D eigenvalue weighted by Gasteiger charge is 2.34. The van der Waals surface area contributed by atoms with Crippen molar-refractivity contribution in [3.05, 3.63) is 33.9 Å². The number of nitrogens with zero attached hydrogens (tertiary/aromatic N) is 1. The van der Waals surface area contributed by atoms with E-state index in [2.05, 4.69) is 63.2 Å². The molecule has 1 aliphatic carbocycles. The van der Waals surface area contributed by atoms with Crippen LogP contribution in [0.3, 0.4) is 0 Å². The van der Waals surface area contributed by atoms with Crippen molar-refractivity contribution in [3.63, 3.8) is 0 Å². The lowest BCUT2D eigenvalue weighted by atomic mass is 9.91. The molecule has 1 aromatic carbocycles. The van der Waals surface area contributed by atoms with Crippen molar-refractivity contribution in [2.45, 2.75) is 51.6 Å². The zero-order valence-electron chi connectivity index (χ0n) is 14.9. The highest BCUT2D eigenvalue weighted by atomic mass is 79.9. The van der Waals surface area contributed by atoms with E-state index >= 15 is 0 Å². The van der Waals surface area contributed by atoms with E-state index in [1.165, 1.54) is 35.0 Å². The Morgan fingerprint density at radius 3 is 2.92 bits per heavy atom. The van der Waals surface area contributed by atoms with Crippen molar-refractivity contribution >= 4 is 32.7 Å². The first-order valence-electron chi connectivity index (χ1n) is 9.35. The van der Waals surface area contributed by atoms with Gasteiger partial charge < -0.3 is 15.2 Å². The predicted molar refractivity (Wildman–Crippen MR) is 105 cm³/mol. The highest BCUT2D eigenvalue weighted by molar-refractivity contribution is 9.10. The molecular weight excluding hydrogens is 378 g/mol. The summed E-state index contributed by atoms with van der Waals surface area (Å²) >= 11 is 3.59. The molecule has 1 atom stereocenters. The molecule has 0 radical (unpaired) electrons. The average Bonchev–Trinajstić information content (AvgIpc) is 3.33. The minimum atomic E-state index is 0.156. The zero-order chi connectivity index (χ0) is 17.6. The van der Waals surface area contributed by atoms with E-state index < -0.39 is 0 Å². The van der Waals surface area contributed by atoms with Gasteiger partial charge in [-0.05, 0) is 55.4 Å². The third-order valence-corrected chi connectivity index (χ3v) is 5.84. The van der Waals surface area contributed by atoms with E-state index in [0.29, 0.717) is 18.5 Å². The lowest BCUT2D eigenvalue weighted by Crippen LogP contribution is -2.45. The Balaban J connectivity index is 1.66. The number of hydrogen-bond acceptors (Lipinski definition) is 2. The lowest BCUT2D eigenvalue weighted by Gasteiger charge is -2.37. The van der Waals surface area contributed by atoms with Crippen LogP contribution in [0.1, 0.15) is 50.4 Å². The molecule has 1 aliphatic heterocycles. The molecule has 4 nitrogen and oxygen atoms in total. The van der Waals surface area contributed by atoms with Gasteiger partial charge in [-0.25, -0.2) is 0 Å². The van der Waals surface area contributed by atoms with E-state index in [1.54, 1.807) is 0 Å². The standard InChI is InChI=1S/C20H26BrN3O/c1-12(2)9-18-20-15(16-10-13(21)3-6-17(16)23-20)7-8-24(18)19(25)11-22-14-4-5-14/h3,6,10,12,14,18,22-23H,4-5,7-9,11H2,1-2H3/t18-/m0/s1. The van der Waals surface area contributed by atoms with Crippen LogP contribution in [0.25, 0.3) is 10.9 Å². The number of carbonyl (C=O) groups is 1. The van der Waals surface area contributed by atoms with E-state index in [9.17, 15) is 4.79 Å². The summed E-state index contributed by atoms with van der Waals surface area (Å²) < 4.78 is 1.11. The SMILES string of the molecule is CC(C)C[C@H]1c2[nH]c3ccc(Br)cc3c2CCN1C(=O)CNC1CC1. The number of amides is 1. The fourth-order valence-corrected chi connectivity index (χ4v) is 4.31. The monoisotopic (exact) mass is 403 g/mol. The van der Waals surface area contributed by atoms with Gasteiger partial charge in [-0.3, -0.25) is 4.79 Å². The summed E-state index contributed by atoms with van der Waals surface area (Å²) in [6, 6.07) is 7.13. The van der Waals surface area contributed by atoms with Gasteiger partial charge in [0.25, 0.3) is 0 Å². The van der Waals surface area contributed by atoms with E-state index in [1.807, 2.05) is 0 Å². The van der Waals surface area contributed by atoms with Crippen LogP contribution in [0.2, 0.25) is 0 Å². The summed E-state index contributed by atoms with van der Waals surface area (Å²) in [6.07, 6.45) is 4.35. The third kappa shape index (κ3) is 3.49. The molecule has 0 bridgehead atoms. The van der Waals surface area contributed by atoms with Crippen LogP contribution in [0.15, 0.2) is 22.7 Å². The Bertz CT molecular complexity index is 794. The van der Waals surface area contributed by atoms with Crippen LogP contribution >= 0.6 is 15.9 Å². The van der Waals surface area contributed by atoms with E-state index in [0.717, 1.165) is 23.9 Å². The maximum Gasteiger partial charge on any atom is 0.237 e. The topological polar surface area (TPSA) is 48.1 Å². The largest absolute Gasteiger partial charge is 0.356 e. The summed E-state index contributed by atoms with van der Waals surface area (Å²) in [6.45, 7) is 5.76. The highest BCUT2D eigenvalue weighted by Crippen LogP contribution is 2.38. The minimum absolute atomic E-state index is 0.156. The fourth-order valence-electron chi connectivity index (χ4n) is 3.95. The van der Waals surface area contributed by atoms with Gasteiger partial charge in [-0.1, -0.05) is 29.8 Å². The van der Waals surface area contributed by atoms with Crippen molar-refractivity contribution < 1.29 is 4.79 Å². The molecule has 1 saturated carbocycles. The van der Waals surface area contributed by atoms with Crippen LogP contribution < -0.4 is 5.32 Å². The van der Waals surface area contributed by atoms with Gasteiger partial charge in [0.1, 0.15) is 0 Å². The normalized spacial score (nSPS) is 20.3. The second kappa shape index (κ2) is 6.76. The Labute approximate surface area is 157 Å². The van der Waals surface area contributed by atoms with Gasteiger partial charge in [0.2, 0.25) is 5.91 Å². The number of carbonyl (C=O) groups excluding carboxylic acids is 1. The Morgan fingerprint density at radius 2 is 2.20 bits per heavy atom. The number of hydrogen-bond donors (Lipinski definition) is 2. The van der Waals surface area contributed by atoms with Crippen LogP contribution in [-0.2, 0) is 11.2 Å². The maximum atomic E-state index is 12.8. The van der Waals surface area contributed by atoms with E-state index in [4.69, 9.17) is 0 Å². The second-order valence-corrected chi connectivity index (χ2v) is 8.76. The summed E-state index contributed by atoms with van der Waals surface area (Å²) in [5.41, 5.74) is 3.81. The molecule has 0 unspecified atom stereocenters. The quantitative estimate of drug-likeness (QED) is 0.787. The number of rotatable bonds is 5. The summed E-state index contributed by atoms with van der Waals surface area (Å²) in [5.74, 6) is 0.781. The molecule has 1 amide bonds. The number of aromatic nitrogens is 1. The molecule has 1 fully saturated rings. The molecule has 4 rings (SSSR count). The molecular formula is C20H26BrN3O. The molecule has 25 heavy (non-hydrogen) atoms. The van der Waals surface area contributed by atoms with Gasteiger partial charge in [0.05, 0.1) is 12.6 Å². The molecule has 1 aromatic heterocycles. The van der Waals surface area contributed by atoms with Crippen LogP contribution in [0.5, 0.6) is 0 Å². The van der Waals surface area contributed by atoms with Crippen LogP contribution in [0.4, 0.5) is 0 Å². The number of benzene rings is 1. The summed E-state index contributed by atoms with van der Waals surface area (Å²) in [5, 5.41) is 4.67. The molecule has 2 aliphatic rings. The molecule has 2 heterocycles. The molecule has 134 valence electrons. The van der Waals surface area contributed by atoms with Gasteiger partial charge in [0.15, 0.2) is 0 Å². The fraction of sp³-hybridized carbons (Fsp3) is 0.550. The summed E-state index contributed by atoms with van der Waals surface area (Å²) in [7, 11) is 0. The van der Waals surface area contributed by atoms with Crippen LogP contribution in [0, 0.1) is 5.92 Å². The molecule has 2 aromatic rings. The maximum absolute atomic E-state index is 12.8.